The van der Waals surface area contributed by atoms with E-state index in [0.29, 0.717) is 12.1 Å². The average molecular weight is 313 g/mol. The van der Waals surface area contributed by atoms with E-state index in [-0.39, 0.29) is 5.82 Å². The summed E-state index contributed by atoms with van der Waals surface area (Å²) < 4.78 is 14.2. The predicted octanol–water partition coefficient (Wildman–Crippen LogP) is 3.63. The lowest BCUT2D eigenvalue weighted by molar-refractivity contribution is 0.192. The maximum absolute atomic E-state index is 13.3. The van der Waals surface area contributed by atoms with Crippen LogP contribution in [0.5, 0.6) is 0 Å². The van der Waals surface area contributed by atoms with Crippen molar-refractivity contribution in [3.05, 3.63) is 28.5 Å². The van der Waals surface area contributed by atoms with Gasteiger partial charge < -0.3 is 5.32 Å². The number of piperidine rings is 1. The maximum atomic E-state index is 13.3. The van der Waals surface area contributed by atoms with E-state index in [0.717, 1.165) is 16.6 Å². The molecule has 0 aliphatic carbocycles. The van der Waals surface area contributed by atoms with Crippen LogP contribution in [0.1, 0.15) is 25.7 Å². The van der Waals surface area contributed by atoms with Gasteiger partial charge in [-0.25, -0.2) is 4.39 Å². The zero-order valence-electron chi connectivity index (χ0n) is 10.3. The van der Waals surface area contributed by atoms with Gasteiger partial charge in [0.1, 0.15) is 5.82 Å². The first-order chi connectivity index (χ1) is 8.74. The Morgan fingerprint density at radius 3 is 3.00 bits per heavy atom. The van der Waals surface area contributed by atoms with Gasteiger partial charge in [0.2, 0.25) is 0 Å². The summed E-state index contributed by atoms with van der Waals surface area (Å²) in [5.74, 6) is -0.181. The van der Waals surface area contributed by atoms with Crippen molar-refractivity contribution in [1.29, 1.82) is 0 Å². The Bertz CT molecular complexity index is 438. The molecule has 0 radical (unpaired) electrons. The van der Waals surface area contributed by atoms with Gasteiger partial charge in [0.15, 0.2) is 0 Å². The number of halogens is 2. The summed E-state index contributed by atoms with van der Waals surface area (Å²) in [5.41, 5.74) is 0.882. The number of hydrogen-bond acceptors (Lipinski definition) is 2. The Morgan fingerprint density at radius 1 is 1.22 bits per heavy atom. The second kappa shape index (κ2) is 5.17. The van der Waals surface area contributed by atoms with E-state index in [4.69, 9.17) is 0 Å². The van der Waals surface area contributed by atoms with Crippen LogP contribution < -0.4 is 5.32 Å². The molecule has 0 amide bonds. The summed E-state index contributed by atoms with van der Waals surface area (Å²) in [5, 5.41) is 3.52. The molecule has 2 fully saturated rings. The smallest absolute Gasteiger partial charge is 0.125 e. The van der Waals surface area contributed by atoms with Crippen LogP contribution in [0.2, 0.25) is 0 Å². The van der Waals surface area contributed by atoms with Crippen LogP contribution in [0.3, 0.4) is 0 Å². The summed E-state index contributed by atoms with van der Waals surface area (Å²) in [6, 6.07) is 5.93. The topological polar surface area (TPSA) is 15.3 Å². The van der Waals surface area contributed by atoms with Crippen molar-refractivity contribution in [3.8, 4) is 0 Å². The fourth-order valence-corrected chi connectivity index (χ4v) is 3.58. The molecule has 1 N–H and O–H groups in total. The van der Waals surface area contributed by atoms with E-state index in [1.807, 2.05) is 0 Å². The molecule has 0 bridgehead atoms. The molecule has 18 heavy (non-hydrogen) atoms. The van der Waals surface area contributed by atoms with Crippen molar-refractivity contribution in [2.75, 3.05) is 18.4 Å². The number of nitrogens with zero attached hydrogens (tertiary/aromatic N) is 1. The first-order valence-electron chi connectivity index (χ1n) is 6.70. The molecule has 2 unspecified atom stereocenters. The quantitative estimate of drug-likeness (QED) is 0.897. The Morgan fingerprint density at radius 2 is 2.11 bits per heavy atom. The van der Waals surface area contributed by atoms with Gasteiger partial charge >= 0.3 is 0 Å². The van der Waals surface area contributed by atoms with Gasteiger partial charge in [0.05, 0.1) is 5.69 Å². The van der Waals surface area contributed by atoms with Crippen LogP contribution in [0.4, 0.5) is 10.1 Å². The third-order valence-corrected chi connectivity index (χ3v) is 4.82. The first kappa shape index (κ1) is 12.4. The Kier molecular flexibility index (Phi) is 3.57. The first-order valence-corrected chi connectivity index (χ1v) is 7.49. The molecular formula is C14H18BrFN2. The molecule has 1 aromatic rings. The monoisotopic (exact) mass is 312 g/mol. The van der Waals surface area contributed by atoms with Gasteiger partial charge in [-0.3, -0.25) is 4.90 Å². The summed E-state index contributed by atoms with van der Waals surface area (Å²) in [7, 11) is 0. The molecule has 2 saturated heterocycles. The second-order valence-corrected chi connectivity index (χ2v) is 6.12. The minimum absolute atomic E-state index is 0.181. The number of fused-ring (bicyclic) bond motifs is 1. The molecule has 1 aromatic carbocycles. The maximum Gasteiger partial charge on any atom is 0.125 e. The van der Waals surface area contributed by atoms with Gasteiger partial charge in [-0.2, -0.15) is 0 Å². The lowest BCUT2D eigenvalue weighted by Crippen LogP contribution is -2.41. The van der Waals surface area contributed by atoms with Crippen LogP contribution in [-0.4, -0.2) is 30.1 Å². The van der Waals surface area contributed by atoms with Crippen molar-refractivity contribution >= 4 is 21.6 Å². The van der Waals surface area contributed by atoms with E-state index in [2.05, 4.69) is 26.1 Å². The minimum atomic E-state index is -0.181. The lowest BCUT2D eigenvalue weighted by atomic mass is 9.99. The fourth-order valence-electron chi connectivity index (χ4n) is 3.22. The highest BCUT2D eigenvalue weighted by Crippen LogP contribution is 2.31. The molecule has 0 spiro atoms. The van der Waals surface area contributed by atoms with Gasteiger partial charge in [-0.15, -0.1) is 0 Å². The van der Waals surface area contributed by atoms with Gasteiger partial charge in [0.25, 0.3) is 0 Å². The van der Waals surface area contributed by atoms with Gasteiger partial charge in [-0.1, -0.05) is 6.42 Å². The predicted molar refractivity (Wildman–Crippen MR) is 75.3 cm³/mol. The third-order valence-electron chi connectivity index (χ3n) is 4.13. The number of anilines is 1. The Hall–Kier alpha value is -0.610. The van der Waals surface area contributed by atoms with E-state index in [1.54, 1.807) is 12.1 Å². The van der Waals surface area contributed by atoms with E-state index in [1.165, 1.54) is 38.4 Å². The van der Waals surface area contributed by atoms with Crippen molar-refractivity contribution in [2.45, 2.75) is 37.8 Å². The lowest BCUT2D eigenvalue weighted by Gasteiger charge is -2.33. The highest BCUT2D eigenvalue weighted by molar-refractivity contribution is 9.10. The van der Waals surface area contributed by atoms with Crippen molar-refractivity contribution in [3.63, 3.8) is 0 Å². The molecule has 2 aliphatic heterocycles. The molecule has 2 atom stereocenters. The largest absolute Gasteiger partial charge is 0.380 e. The van der Waals surface area contributed by atoms with Crippen LogP contribution >= 0.6 is 15.9 Å². The van der Waals surface area contributed by atoms with E-state index in [9.17, 15) is 4.39 Å². The third kappa shape index (κ3) is 2.41. The molecule has 2 aliphatic rings. The standard InChI is InChI=1S/C14H18BrFN2/c15-11-5-4-10(16)9-13(11)17-12-6-8-18-7-2-1-3-14(12)18/h4-5,9,12,14,17H,1-3,6-8H2. The second-order valence-electron chi connectivity index (χ2n) is 5.26. The number of hydrogen-bond donors (Lipinski definition) is 1. The van der Waals surface area contributed by atoms with Crippen LogP contribution in [-0.2, 0) is 0 Å². The zero-order chi connectivity index (χ0) is 12.5. The molecule has 2 nitrogen and oxygen atoms in total. The molecular weight excluding hydrogens is 295 g/mol. The summed E-state index contributed by atoms with van der Waals surface area (Å²) in [6.45, 7) is 2.41. The van der Waals surface area contributed by atoms with Gasteiger partial charge in [-0.05, 0) is 59.9 Å². The van der Waals surface area contributed by atoms with E-state index >= 15 is 0 Å². The Balaban J connectivity index is 1.74. The van der Waals surface area contributed by atoms with Crippen LogP contribution in [0.15, 0.2) is 22.7 Å². The zero-order valence-corrected chi connectivity index (χ0v) is 11.9. The normalized spacial score (nSPS) is 28.1. The average Bonchev–Trinajstić information content (AvgIpc) is 2.78. The SMILES string of the molecule is Fc1ccc(Br)c(NC2CCN3CCCCC23)c1. The number of nitrogens with one attached hydrogen (secondary N) is 1. The molecule has 4 heteroatoms. The van der Waals surface area contributed by atoms with Crippen molar-refractivity contribution in [1.82, 2.24) is 4.90 Å². The fraction of sp³-hybridized carbons (Fsp3) is 0.571. The van der Waals surface area contributed by atoms with Crippen LogP contribution in [0.25, 0.3) is 0 Å². The number of benzene rings is 1. The summed E-state index contributed by atoms with van der Waals surface area (Å²) >= 11 is 3.48. The van der Waals surface area contributed by atoms with Crippen LogP contribution in [0, 0.1) is 5.82 Å². The Labute approximate surface area is 116 Å². The highest BCUT2D eigenvalue weighted by atomic mass is 79.9. The molecule has 2 heterocycles. The molecule has 3 rings (SSSR count). The number of rotatable bonds is 2. The van der Waals surface area contributed by atoms with E-state index < -0.39 is 0 Å². The molecule has 0 aromatic heterocycles. The summed E-state index contributed by atoms with van der Waals surface area (Å²) in [6.07, 6.45) is 5.08. The highest BCUT2D eigenvalue weighted by Gasteiger charge is 2.35. The van der Waals surface area contributed by atoms with Gasteiger partial charge in [0, 0.05) is 23.1 Å². The van der Waals surface area contributed by atoms with Crippen molar-refractivity contribution < 1.29 is 4.39 Å². The molecule has 0 saturated carbocycles. The molecule has 98 valence electrons. The minimum Gasteiger partial charge on any atom is -0.380 e. The summed E-state index contributed by atoms with van der Waals surface area (Å²) in [4.78, 5) is 2.58. The van der Waals surface area contributed by atoms with Crippen molar-refractivity contribution in [2.24, 2.45) is 0 Å².